The van der Waals surface area contributed by atoms with E-state index in [-0.39, 0.29) is 10.2 Å². The third-order valence-electron chi connectivity index (χ3n) is 1.61. The van der Waals surface area contributed by atoms with Crippen LogP contribution in [0.15, 0.2) is 22.7 Å². The second-order valence-corrected chi connectivity index (χ2v) is 3.42. The monoisotopic (exact) mass is 270 g/mol. The highest BCUT2D eigenvalue weighted by Gasteiger charge is 2.40. The van der Waals surface area contributed by atoms with E-state index in [1.807, 2.05) is 0 Å². The first-order chi connectivity index (χ1) is 6.34. The molecule has 2 nitrogen and oxygen atoms in total. The summed E-state index contributed by atoms with van der Waals surface area (Å²) in [7, 11) is 0. The van der Waals surface area contributed by atoms with Crippen molar-refractivity contribution in [1.29, 1.82) is 0 Å². The molecule has 0 amide bonds. The molecule has 0 aliphatic rings. The van der Waals surface area contributed by atoms with E-state index < -0.39 is 17.8 Å². The minimum Gasteiger partial charge on any atom is -0.507 e. The SMILES string of the molecule is Oc1cccc([C@H](O)C(F)(F)F)c1Br. The molecule has 0 fully saturated rings. The maximum Gasteiger partial charge on any atom is 0.418 e. The first-order valence-corrected chi connectivity index (χ1v) is 4.35. The van der Waals surface area contributed by atoms with E-state index in [0.717, 1.165) is 6.07 Å². The molecule has 14 heavy (non-hydrogen) atoms. The van der Waals surface area contributed by atoms with Crippen LogP contribution in [0.1, 0.15) is 11.7 Å². The van der Waals surface area contributed by atoms with Crippen molar-refractivity contribution < 1.29 is 23.4 Å². The minimum absolute atomic E-state index is 0.148. The zero-order valence-corrected chi connectivity index (χ0v) is 8.30. The third kappa shape index (κ3) is 2.19. The molecule has 0 aromatic heterocycles. The standard InChI is InChI=1S/C8H6BrF3O2/c9-6-4(2-1-3-5(6)13)7(14)8(10,11)12/h1-3,7,13-14H/t7-/m0/s1. The lowest BCUT2D eigenvalue weighted by Crippen LogP contribution is -2.20. The van der Waals surface area contributed by atoms with Gasteiger partial charge in [0.15, 0.2) is 6.10 Å². The Balaban J connectivity index is 3.14. The van der Waals surface area contributed by atoms with Gasteiger partial charge in [-0.2, -0.15) is 13.2 Å². The van der Waals surface area contributed by atoms with E-state index in [1.54, 1.807) is 0 Å². The fourth-order valence-electron chi connectivity index (χ4n) is 0.925. The van der Waals surface area contributed by atoms with E-state index in [2.05, 4.69) is 15.9 Å². The first-order valence-electron chi connectivity index (χ1n) is 3.56. The van der Waals surface area contributed by atoms with Crippen molar-refractivity contribution in [1.82, 2.24) is 0 Å². The molecule has 0 saturated heterocycles. The number of rotatable bonds is 1. The van der Waals surface area contributed by atoms with Crippen LogP contribution < -0.4 is 0 Å². The molecule has 0 bridgehead atoms. The van der Waals surface area contributed by atoms with Crippen molar-refractivity contribution >= 4 is 15.9 Å². The molecule has 1 rings (SSSR count). The smallest absolute Gasteiger partial charge is 0.418 e. The highest BCUT2D eigenvalue weighted by molar-refractivity contribution is 9.10. The summed E-state index contributed by atoms with van der Waals surface area (Å²) in [6.45, 7) is 0. The van der Waals surface area contributed by atoms with Crippen molar-refractivity contribution in [2.24, 2.45) is 0 Å². The maximum absolute atomic E-state index is 12.1. The summed E-state index contributed by atoms with van der Waals surface area (Å²) >= 11 is 2.76. The largest absolute Gasteiger partial charge is 0.507 e. The molecule has 1 aromatic rings. The predicted molar refractivity (Wildman–Crippen MR) is 46.8 cm³/mol. The highest BCUT2D eigenvalue weighted by atomic mass is 79.9. The predicted octanol–water partition coefficient (Wildman–Crippen LogP) is 2.75. The molecule has 6 heteroatoms. The fourth-order valence-corrected chi connectivity index (χ4v) is 1.41. The molecule has 1 atom stereocenters. The summed E-state index contributed by atoms with van der Waals surface area (Å²) in [6.07, 6.45) is -7.33. The van der Waals surface area contributed by atoms with E-state index in [0.29, 0.717) is 0 Å². The summed E-state index contributed by atoms with van der Waals surface area (Å²) in [4.78, 5) is 0. The average molecular weight is 271 g/mol. The fraction of sp³-hybridized carbons (Fsp3) is 0.250. The molecular weight excluding hydrogens is 265 g/mol. The molecule has 0 spiro atoms. The summed E-state index contributed by atoms with van der Waals surface area (Å²) in [5.41, 5.74) is -0.405. The molecule has 0 aliphatic heterocycles. The lowest BCUT2D eigenvalue weighted by molar-refractivity contribution is -0.207. The van der Waals surface area contributed by atoms with Gasteiger partial charge in [0.05, 0.1) is 4.47 Å². The number of aromatic hydroxyl groups is 1. The van der Waals surface area contributed by atoms with Gasteiger partial charge in [0, 0.05) is 5.56 Å². The first kappa shape index (κ1) is 11.3. The number of phenols is 1. The van der Waals surface area contributed by atoms with Crippen LogP contribution in [0, 0.1) is 0 Å². The van der Waals surface area contributed by atoms with Gasteiger partial charge in [0.1, 0.15) is 5.75 Å². The van der Waals surface area contributed by atoms with Crippen molar-refractivity contribution in [2.45, 2.75) is 12.3 Å². The number of phenolic OH excluding ortho intramolecular Hbond substituents is 1. The Kier molecular flexibility index (Phi) is 3.06. The number of hydrogen-bond donors (Lipinski definition) is 2. The molecule has 0 heterocycles. The number of benzene rings is 1. The number of alkyl halides is 3. The quantitative estimate of drug-likeness (QED) is 0.824. The zero-order valence-electron chi connectivity index (χ0n) is 6.72. The number of halogens is 4. The van der Waals surface area contributed by atoms with Crippen molar-refractivity contribution in [3.05, 3.63) is 28.2 Å². The van der Waals surface area contributed by atoms with Crippen LogP contribution in [0.5, 0.6) is 5.75 Å². The molecule has 78 valence electrons. The molecule has 2 N–H and O–H groups in total. The van der Waals surface area contributed by atoms with Gasteiger partial charge in [-0.15, -0.1) is 0 Å². The van der Waals surface area contributed by atoms with Crippen molar-refractivity contribution in [3.8, 4) is 5.75 Å². The number of aliphatic hydroxyl groups excluding tert-OH is 1. The Morgan fingerprint density at radius 2 is 1.86 bits per heavy atom. The van der Waals surface area contributed by atoms with Crippen molar-refractivity contribution in [2.75, 3.05) is 0 Å². The van der Waals surface area contributed by atoms with E-state index in [1.165, 1.54) is 12.1 Å². The van der Waals surface area contributed by atoms with E-state index in [9.17, 15) is 13.2 Å². The Morgan fingerprint density at radius 3 is 2.36 bits per heavy atom. The van der Waals surface area contributed by atoms with Crippen LogP contribution in [0.2, 0.25) is 0 Å². The van der Waals surface area contributed by atoms with Crippen LogP contribution >= 0.6 is 15.9 Å². The number of hydrogen-bond acceptors (Lipinski definition) is 2. The molecule has 0 radical (unpaired) electrons. The van der Waals surface area contributed by atoms with Gasteiger partial charge in [-0.3, -0.25) is 0 Å². The summed E-state index contributed by atoms with van der Waals surface area (Å²) in [6, 6.07) is 3.53. The highest BCUT2D eigenvalue weighted by Crippen LogP contribution is 2.38. The summed E-state index contributed by atoms with van der Waals surface area (Å²) in [5.74, 6) is -0.342. The summed E-state index contributed by atoms with van der Waals surface area (Å²) < 4.78 is 36.1. The van der Waals surface area contributed by atoms with Gasteiger partial charge in [0.2, 0.25) is 0 Å². The molecule has 0 aliphatic carbocycles. The van der Waals surface area contributed by atoms with Crippen LogP contribution in [-0.4, -0.2) is 16.4 Å². The van der Waals surface area contributed by atoms with Gasteiger partial charge in [-0.05, 0) is 22.0 Å². The molecule has 0 saturated carbocycles. The Morgan fingerprint density at radius 1 is 1.29 bits per heavy atom. The normalized spacial score (nSPS) is 14.1. The topological polar surface area (TPSA) is 40.5 Å². The van der Waals surface area contributed by atoms with Gasteiger partial charge in [-0.1, -0.05) is 12.1 Å². The molecular formula is C8H6BrF3O2. The van der Waals surface area contributed by atoms with E-state index in [4.69, 9.17) is 10.2 Å². The van der Waals surface area contributed by atoms with Crippen LogP contribution in [0.4, 0.5) is 13.2 Å². The maximum atomic E-state index is 12.1. The van der Waals surface area contributed by atoms with Gasteiger partial charge >= 0.3 is 6.18 Å². The van der Waals surface area contributed by atoms with Gasteiger partial charge in [-0.25, -0.2) is 0 Å². The second kappa shape index (κ2) is 3.78. The van der Waals surface area contributed by atoms with E-state index >= 15 is 0 Å². The molecule has 1 aromatic carbocycles. The molecule has 0 unspecified atom stereocenters. The lowest BCUT2D eigenvalue weighted by Gasteiger charge is -2.16. The van der Waals surface area contributed by atoms with Gasteiger partial charge in [0.25, 0.3) is 0 Å². The zero-order chi connectivity index (χ0) is 10.9. The minimum atomic E-state index is -4.74. The van der Waals surface area contributed by atoms with Gasteiger partial charge < -0.3 is 10.2 Å². The van der Waals surface area contributed by atoms with Crippen LogP contribution in [0.25, 0.3) is 0 Å². The van der Waals surface area contributed by atoms with Crippen molar-refractivity contribution in [3.63, 3.8) is 0 Å². The number of aliphatic hydroxyl groups is 1. The van der Waals surface area contributed by atoms with Crippen LogP contribution in [0.3, 0.4) is 0 Å². The Hall–Kier alpha value is -0.750. The Labute approximate surface area is 86.1 Å². The van der Waals surface area contributed by atoms with Crippen LogP contribution in [-0.2, 0) is 0 Å². The lowest BCUT2D eigenvalue weighted by atomic mass is 10.1. The summed E-state index contributed by atoms with van der Waals surface area (Å²) in [5, 5.41) is 18.0. The Bertz CT molecular complexity index is 338. The third-order valence-corrected chi connectivity index (χ3v) is 2.48. The average Bonchev–Trinajstić information content (AvgIpc) is 2.07. The second-order valence-electron chi connectivity index (χ2n) is 2.62.